The fourth-order valence-corrected chi connectivity index (χ4v) is 2.27. The second kappa shape index (κ2) is 4.12. The van der Waals surface area contributed by atoms with Gasteiger partial charge < -0.3 is 10.5 Å². The predicted molar refractivity (Wildman–Crippen MR) is 53.5 cm³/mol. The largest absolute Gasteiger partial charge is 0.492 e. The number of nitrogens with two attached hydrogens (primary N) is 1. The third-order valence-electron chi connectivity index (χ3n) is 2.10. The van der Waals surface area contributed by atoms with E-state index in [4.69, 9.17) is 10.5 Å². The van der Waals surface area contributed by atoms with Gasteiger partial charge in [0.25, 0.3) is 0 Å². The lowest BCUT2D eigenvalue weighted by molar-refractivity contribution is 0.271. The van der Waals surface area contributed by atoms with Gasteiger partial charge >= 0.3 is 0 Å². The van der Waals surface area contributed by atoms with Crippen molar-refractivity contribution in [3.05, 3.63) is 16.3 Å². The number of ether oxygens (including phenoxy) is 1. The molecule has 1 unspecified atom stereocenters. The van der Waals surface area contributed by atoms with Crippen LogP contribution in [0.4, 0.5) is 0 Å². The van der Waals surface area contributed by atoms with E-state index < -0.39 is 0 Å². The number of halogens is 1. The molecule has 0 fully saturated rings. The first-order valence-electron chi connectivity index (χ1n) is 3.80. The van der Waals surface area contributed by atoms with Crippen LogP contribution < -0.4 is 10.5 Å². The minimum absolute atomic E-state index is 0. The summed E-state index contributed by atoms with van der Waals surface area (Å²) in [5.74, 6) is 1.58. The van der Waals surface area contributed by atoms with Crippen LogP contribution in [-0.2, 0) is 0 Å². The molecule has 0 saturated heterocycles. The van der Waals surface area contributed by atoms with Gasteiger partial charge in [-0.1, -0.05) is 0 Å². The Labute approximate surface area is 82.1 Å². The van der Waals surface area contributed by atoms with E-state index >= 15 is 0 Å². The Bertz CT molecular complexity index is 251. The third kappa shape index (κ3) is 1.58. The van der Waals surface area contributed by atoms with Crippen molar-refractivity contribution in [2.45, 2.75) is 12.3 Å². The van der Waals surface area contributed by atoms with Gasteiger partial charge in [0, 0.05) is 16.9 Å². The number of fused-ring (bicyclic) bond motifs is 1. The third-order valence-corrected chi connectivity index (χ3v) is 2.84. The summed E-state index contributed by atoms with van der Waals surface area (Å²) in [6, 6.07) is 0. The van der Waals surface area contributed by atoms with Crippen LogP contribution in [0.25, 0.3) is 0 Å². The Kier molecular flexibility index (Phi) is 3.38. The van der Waals surface area contributed by atoms with Crippen molar-refractivity contribution in [3.8, 4) is 5.75 Å². The second-order valence-corrected chi connectivity index (χ2v) is 3.50. The molecule has 0 aliphatic carbocycles. The van der Waals surface area contributed by atoms with Crippen molar-refractivity contribution in [2.24, 2.45) is 5.73 Å². The minimum Gasteiger partial charge on any atom is -0.492 e. The Morgan fingerprint density at radius 2 is 2.42 bits per heavy atom. The molecule has 1 aliphatic heterocycles. The van der Waals surface area contributed by atoms with Gasteiger partial charge in [-0.15, -0.1) is 23.7 Å². The zero-order valence-electron chi connectivity index (χ0n) is 6.66. The Morgan fingerprint density at radius 3 is 3.17 bits per heavy atom. The average Bonchev–Trinajstić information content (AvgIpc) is 2.50. The molecule has 12 heavy (non-hydrogen) atoms. The molecule has 2 rings (SSSR count). The Morgan fingerprint density at radius 1 is 1.58 bits per heavy atom. The van der Waals surface area contributed by atoms with E-state index in [0.717, 1.165) is 25.3 Å². The first-order chi connectivity index (χ1) is 5.42. The maximum atomic E-state index is 5.63. The van der Waals surface area contributed by atoms with Crippen LogP contribution in [0.5, 0.6) is 5.75 Å². The summed E-state index contributed by atoms with van der Waals surface area (Å²) in [6.07, 6.45) is 1.07. The molecular weight excluding hydrogens is 194 g/mol. The van der Waals surface area contributed by atoms with Crippen LogP contribution >= 0.6 is 23.7 Å². The Hall–Kier alpha value is -0.250. The standard InChI is InChI=1S/C8H11NOS.ClH/c9-3-6-1-2-10-8-5-11-4-7(6)8;/h4-6H,1-3,9H2;1H. The van der Waals surface area contributed by atoms with E-state index in [9.17, 15) is 0 Å². The van der Waals surface area contributed by atoms with Gasteiger partial charge in [0.2, 0.25) is 0 Å². The fourth-order valence-electron chi connectivity index (χ4n) is 1.42. The summed E-state index contributed by atoms with van der Waals surface area (Å²) in [6.45, 7) is 1.57. The van der Waals surface area contributed by atoms with Gasteiger partial charge in [0.05, 0.1) is 6.61 Å². The lowest BCUT2D eigenvalue weighted by Gasteiger charge is -2.21. The van der Waals surface area contributed by atoms with Gasteiger partial charge in [0.1, 0.15) is 5.75 Å². The topological polar surface area (TPSA) is 35.2 Å². The number of rotatable bonds is 1. The maximum Gasteiger partial charge on any atom is 0.133 e. The quantitative estimate of drug-likeness (QED) is 0.761. The van der Waals surface area contributed by atoms with Crippen LogP contribution in [-0.4, -0.2) is 13.2 Å². The monoisotopic (exact) mass is 205 g/mol. The van der Waals surface area contributed by atoms with E-state index in [1.807, 2.05) is 0 Å². The second-order valence-electron chi connectivity index (χ2n) is 2.76. The smallest absolute Gasteiger partial charge is 0.133 e. The lowest BCUT2D eigenvalue weighted by atomic mass is 9.97. The molecule has 0 saturated carbocycles. The van der Waals surface area contributed by atoms with Crippen LogP contribution in [0.3, 0.4) is 0 Å². The van der Waals surface area contributed by atoms with E-state index in [1.54, 1.807) is 11.3 Å². The summed E-state index contributed by atoms with van der Waals surface area (Å²) in [5, 5.41) is 4.20. The van der Waals surface area contributed by atoms with Crippen molar-refractivity contribution in [1.29, 1.82) is 0 Å². The first kappa shape index (κ1) is 9.84. The molecule has 0 radical (unpaired) electrons. The number of hydrogen-bond donors (Lipinski definition) is 1. The summed E-state index contributed by atoms with van der Waals surface area (Å²) < 4.78 is 5.45. The number of thiophene rings is 1. The molecule has 0 amide bonds. The summed E-state index contributed by atoms with van der Waals surface area (Å²) in [4.78, 5) is 0. The van der Waals surface area contributed by atoms with Crippen molar-refractivity contribution in [3.63, 3.8) is 0 Å². The average molecular weight is 206 g/mol. The van der Waals surface area contributed by atoms with Gasteiger partial charge in [-0.05, 0) is 18.3 Å². The van der Waals surface area contributed by atoms with E-state index in [1.165, 1.54) is 5.56 Å². The van der Waals surface area contributed by atoms with Crippen LogP contribution in [0.15, 0.2) is 10.8 Å². The summed E-state index contributed by atoms with van der Waals surface area (Å²) in [5.41, 5.74) is 6.94. The fraction of sp³-hybridized carbons (Fsp3) is 0.500. The van der Waals surface area contributed by atoms with Crippen LogP contribution in [0.2, 0.25) is 0 Å². The van der Waals surface area contributed by atoms with E-state index in [2.05, 4.69) is 10.8 Å². The zero-order valence-corrected chi connectivity index (χ0v) is 8.29. The highest BCUT2D eigenvalue weighted by Gasteiger charge is 2.20. The molecule has 2 N–H and O–H groups in total. The van der Waals surface area contributed by atoms with E-state index in [0.29, 0.717) is 5.92 Å². The molecule has 0 bridgehead atoms. The lowest BCUT2D eigenvalue weighted by Crippen LogP contribution is -2.19. The molecule has 0 spiro atoms. The van der Waals surface area contributed by atoms with Crippen molar-refractivity contribution < 1.29 is 4.74 Å². The zero-order chi connectivity index (χ0) is 7.68. The van der Waals surface area contributed by atoms with Gasteiger partial charge in [-0.3, -0.25) is 0 Å². The van der Waals surface area contributed by atoms with Crippen molar-refractivity contribution in [1.82, 2.24) is 0 Å². The molecule has 68 valence electrons. The predicted octanol–water partition coefficient (Wildman–Crippen LogP) is 1.99. The molecule has 4 heteroatoms. The van der Waals surface area contributed by atoms with Crippen LogP contribution in [0, 0.1) is 0 Å². The van der Waals surface area contributed by atoms with Crippen molar-refractivity contribution >= 4 is 23.7 Å². The molecule has 2 nitrogen and oxygen atoms in total. The summed E-state index contributed by atoms with van der Waals surface area (Å²) >= 11 is 1.69. The highest BCUT2D eigenvalue weighted by molar-refractivity contribution is 7.08. The normalized spacial score (nSPS) is 20.6. The van der Waals surface area contributed by atoms with Gasteiger partial charge in [0.15, 0.2) is 0 Å². The molecule has 1 aromatic rings. The highest BCUT2D eigenvalue weighted by atomic mass is 35.5. The van der Waals surface area contributed by atoms with Gasteiger partial charge in [-0.2, -0.15) is 0 Å². The number of hydrogen-bond acceptors (Lipinski definition) is 3. The van der Waals surface area contributed by atoms with Crippen molar-refractivity contribution in [2.75, 3.05) is 13.2 Å². The highest BCUT2D eigenvalue weighted by Crippen LogP contribution is 2.35. The summed E-state index contributed by atoms with van der Waals surface area (Å²) in [7, 11) is 0. The molecule has 0 aromatic carbocycles. The SMILES string of the molecule is Cl.NCC1CCOc2cscc21. The maximum absolute atomic E-state index is 5.63. The molecular formula is C8H12ClNOS. The molecule has 1 aromatic heterocycles. The van der Waals surface area contributed by atoms with E-state index in [-0.39, 0.29) is 12.4 Å². The minimum atomic E-state index is 0. The van der Waals surface area contributed by atoms with Gasteiger partial charge in [-0.25, -0.2) is 0 Å². The molecule has 2 heterocycles. The Balaban J connectivity index is 0.000000720. The molecule has 1 aliphatic rings. The molecule has 1 atom stereocenters. The van der Waals surface area contributed by atoms with Crippen LogP contribution in [0.1, 0.15) is 17.9 Å². The first-order valence-corrected chi connectivity index (χ1v) is 4.75.